The Morgan fingerprint density at radius 3 is 2.45 bits per heavy atom. The summed E-state index contributed by atoms with van der Waals surface area (Å²) in [6, 6.07) is 14.5. The third-order valence-corrected chi connectivity index (χ3v) is 7.65. The average Bonchev–Trinajstić information content (AvgIpc) is 3.00. The molecule has 218 valence electrons. The van der Waals surface area contributed by atoms with Crippen LogP contribution in [-0.4, -0.2) is 23.0 Å². The minimum absolute atomic E-state index is 0.227. The van der Waals surface area contributed by atoms with Gasteiger partial charge in [0.15, 0.2) is 0 Å². The topological polar surface area (TPSA) is 75.7 Å². The number of aryl methyl sites for hydroxylation is 2. The summed E-state index contributed by atoms with van der Waals surface area (Å²) < 4.78 is 0. The molecule has 0 amide bonds. The molecule has 2 aliphatic rings. The Labute approximate surface area is 251 Å². The Hall–Kier alpha value is -4.36. The minimum Gasteiger partial charge on any atom is -0.478 e. The molecule has 2 aliphatic carbocycles. The van der Waals surface area contributed by atoms with Gasteiger partial charge in [-0.25, -0.2) is 4.79 Å². The summed E-state index contributed by atoms with van der Waals surface area (Å²) in [4.78, 5) is 15.8. The van der Waals surface area contributed by atoms with Gasteiger partial charge >= 0.3 is 5.97 Å². The molecule has 42 heavy (non-hydrogen) atoms. The van der Waals surface area contributed by atoms with Crippen molar-refractivity contribution in [3.63, 3.8) is 0 Å². The van der Waals surface area contributed by atoms with Crippen LogP contribution in [0.1, 0.15) is 88.1 Å². The Balaban J connectivity index is 0.000000247. The fraction of sp³-hybridized carbons (Fsp3) is 0.316. The van der Waals surface area contributed by atoms with Gasteiger partial charge in [-0.1, -0.05) is 84.2 Å². The highest BCUT2D eigenvalue weighted by molar-refractivity contribution is 6.05. The van der Waals surface area contributed by atoms with Crippen molar-refractivity contribution in [2.45, 2.75) is 79.7 Å². The van der Waals surface area contributed by atoms with Gasteiger partial charge in [-0.3, -0.25) is 4.99 Å². The molecule has 1 atom stereocenters. The summed E-state index contributed by atoms with van der Waals surface area (Å²) in [5.41, 5.74) is 22.5. The number of aliphatic imine (C=N–C) groups is 1. The van der Waals surface area contributed by atoms with E-state index < -0.39 is 5.97 Å². The van der Waals surface area contributed by atoms with Gasteiger partial charge in [-0.15, -0.1) is 0 Å². The number of carboxylic acids is 1. The predicted octanol–water partition coefficient (Wildman–Crippen LogP) is 8.93. The summed E-state index contributed by atoms with van der Waals surface area (Å²) in [6.07, 6.45) is 15.4. The van der Waals surface area contributed by atoms with Crippen LogP contribution in [0.2, 0.25) is 0 Å². The van der Waals surface area contributed by atoms with Gasteiger partial charge in [0.1, 0.15) is 5.84 Å². The molecule has 0 fully saturated rings. The fourth-order valence-electron chi connectivity index (χ4n) is 4.76. The van der Waals surface area contributed by atoms with E-state index in [0.29, 0.717) is 11.4 Å². The van der Waals surface area contributed by atoms with E-state index in [1.54, 1.807) is 12.2 Å². The van der Waals surface area contributed by atoms with Crippen LogP contribution in [0, 0.1) is 6.92 Å². The molecular formula is C38H44N2O2. The lowest BCUT2D eigenvalue weighted by Crippen LogP contribution is -2.17. The van der Waals surface area contributed by atoms with E-state index >= 15 is 0 Å². The van der Waals surface area contributed by atoms with Gasteiger partial charge in [-0.05, 0) is 113 Å². The van der Waals surface area contributed by atoms with E-state index in [1.165, 1.54) is 46.3 Å². The molecule has 2 aromatic rings. The zero-order chi connectivity index (χ0) is 30.6. The lowest BCUT2D eigenvalue weighted by atomic mass is 9.96. The highest BCUT2D eigenvalue weighted by Gasteiger charge is 2.15. The predicted molar refractivity (Wildman–Crippen MR) is 178 cm³/mol. The first-order valence-corrected chi connectivity index (χ1v) is 14.8. The van der Waals surface area contributed by atoms with E-state index in [9.17, 15) is 4.79 Å². The second kappa shape index (κ2) is 15.6. The maximum absolute atomic E-state index is 11.1. The minimum atomic E-state index is -0.940. The van der Waals surface area contributed by atoms with Crippen LogP contribution in [0.25, 0.3) is 11.1 Å². The van der Waals surface area contributed by atoms with Crippen LogP contribution in [0.3, 0.4) is 0 Å². The van der Waals surface area contributed by atoms with Crippen molar-refractivity contribution in [2.24, 2.45) is 10.7 Å². The summed E-state index contributed by atoms with van der Waals surface area (Å²) >= 11 is 0. The number of rotatable bonds is 9. The number of carboxylic acid groups (broad SMARTS) is 1. The summed E-state index contributed by atoms with van der Waals surface area (Å²) in [6.45, 7) is 12.8. The Morgan fingerprint density at radius 2 is 1.83 bits per heavy atom. The van der Waals surface area contributed by atoms with E-state index in [1.807, 2.05) is 24.3 Å². The van der Waals surface area contributed by atoms with Gasteiger partial charge in [0.05, 0.1) is 5.57 Å². The summed E-state index contributed by atoms with van der Waals surface area (Å²) in [5.74, 6) is -0.298. The van der Waals surface area contributed by atoms with Crippen molar-refractivity contribution >= 4 is 23.0 Å². The molecule has 0 spiro atoms. The van der Waals surface area contributed by atoms with Crippen LogP contribution in [0.5, 0.6) is 0 Å². The van der Waals surface area contributed by atoms with Crippen molar-refractivity contribution in [3.8, 4) is 0 Å². The molecule has 3 N–H and O–H groups in total. The zero-order valence-corrected chi connectivity index (χ0v) is 25.9. The normalized spacial score (nSPS) is 14.7. The molecule has 0 saturated heterocycles. The third kappa shape index (κ3) is 9.08. The molecule has 4 heteroatoms. The SMILES string of the molecule is CC(C)=C(C)c1cc(C(N)=NC(C)CCC2=CCCC=C2)ccc1C.CCc1ccc(C2=C=C=CC=C2C(=O)O)cc1. The lowest BCUT2D eigenvalue weighted by molar-refractivity contribution is -0.132. The monoisotopic (exact) mass is 560 g/mol. The molecule has 4 nitrogen and oxygen atoms in total. The third-order valence-electron chi connectivity index (χ3n) is 7.65. The van der Waals surface area contributed by atoms with Gasteiger partial charge in [0, 0.05) is 17.2 Å². The van der Waals surface area contributed by atoms with Crippen LogP contribution < -0.4 is 5.73 Å². The standard InChI is InChI=1S/C23H32N2.C15H12O2/c1-16(2)19(5)22-15-21(14-11-17(22)3)23(24)25-18(4)12-13-20-9-7-6-8-10-20;1-2-11-7-9-12(10-8-11)13-5-3-4-6-14(13)15(16)17/h7,9-11,14-15,18H,6,8,12-13H2,1-5H3,(H2,24,25);4,6-10H,2H2,1H3,(H,16,17). The number of benzene rings is 2. The van der Waals surface area contributed by atoms with Crippen LogP contribution in [0.15, 0.2) is 106 Å². The maximum atomic E-state index is 11.1. The molecule has 2 aromatic carbocycles. The van der Waals surface area contributed by atoms with Crippen molar-refractivity contribution in [3.05, 3.63) is 129 Å². The summed E-state index contributed by atoms with van der Waals surface area (Å²) in [7, 11) is 0. The number of amidine groups is 1. The van der Waals surface area contributed by atoms with E-state index in [-0.39, 0.29) is 11.6 Å². The number of nitrogens with zero attached hydrogens (tertiary/aromatic N) is 1. The smallest absolute Gasteiger partial charge is 0.337 e. The van der Waals surface area contributed by atoms with Gasteiger partial charge < -0.3 is 10.8 Å². The van der Waals surface area contributed by atoms with Crippen LogP contribution in [-0.2, 0) is 11.2 Å². The Kier molecular flexibility index (Phi) is 11.9. The molecule has 1 unspecified atom stereocenters. The van der Waals surface area contributed by atoms with Crippen molar-refractivity contribution < 1.29 is 9.90 Å². The highest BCUT2D eigenvalue weighted by atomic mass is 16.4. The molecule has 0 aromatic heterocycles. The van der Waals surface area contributed by atoms with E-state index in [0.717, 1.165) is 30.4 Å². The van der Waals surface area contributed by atoms with E-state index in [4.69, 9.17) is 15.8 Å². The van der Waals surface area contributed by atoms with E-state index in [2.05, 4.69) is 89.4 Å². The molecule has 0 heterocycles. The summed E-state index contributed by atoms with van der Waals surface area (Å²) in [5, 5.41) is 9.09. The average molecular weight is 561 g/mol. The number of hydrogen-bond acceptors (Lipinski definition) is 2. The quantitative estimate of drug-likeness (QED) is 0.183. The van der Waals surface area contributed by atoms with Crippen LogP contribution >= 0.6 is 0 Å². The number of allylic oxidation sites excluding steroid dienone is 8. The van der Waals surface area contributed by atoms with Gasteiger partial charge in [-0.2, -0.15) is 0 Å². The first kappa shape index (κ1) is 32.2. The maximum Gasteiger partial charge on any atom is 0.337 e. The lowest BCUT2D eigenvalue weighted by Gasteiger charge is -2.13. The highest BCUT2D eigenvalue weighted by Crippen LogP contribution is 2.25. The van der Waals surface area contributed by atoms with Crippen molar-refractivity contribution in [1.82, 2.24) is 0 Å². The van der Waals surface area contributed by atoms with Crippen LogP contribution in [0.4, 0.5) is 0 Å². The van der Waals surface area contributed by atoms with Crippen molar-refractivity contribution in [1.29, 1.82) is 0 Å². The number of carbonyl (C=O) groups is 1. The molecule has 0 aliphatic heterocycles. The number of aliphatic carboxylic acids is 1. The zero-order valence-electron chi connectivity index (χ0n) is 25.9. The second-order valence-electron chi connectivity index (χ2n) is 11.1. The fourth-order valence-corrected chi connectivity index (χ4v) is 4.76. The largest absolute Gasteiger partial charge is 0.478 e. The van der Waals surface area contributed by atoms with Gasteiger partial charge in [0.25, 0.3) is 0 Å². The Bertz CT molecular complexity index is 1540. The van der Waals surface area contributed by atoms with Gasteiger partial charge in [0.2, 0.25) is 0 Å². The number of nitrogens with two attached hydrogens (primary N) is 1. The number of hydrogen-bond donors (Lipinski definition) is 2. The first-order chi connectivity index (χ1) is 20.1. The van der Waals surface area contributed by atoms with Crippen molar-refractivity contribution in [2.75, 3.05) is 0 Å². The second-order valence-corrected chi connectivity index (χ2v) is 11.1. The molecule has 0 radical (unpaired) electrons. The first-order valence-electron chi connectivity index (χ1n) is 14.8. The molecular weight excluding hydrogens is 516 g/mol. The molecule has 4 rings (SSSR count). The Morgan fingerprint density at radius 1 is 1.10 bits per heavy atom. The molecule has 0 bridgehead atoms. The molecule has 0 saturated carbocycles.